The summed E-state index contributed by atoms with van der Waals surface area (Å²) in [5.74, 6) is 0. The summed E-state index contributed by atoms with van der Waals surface area (Å²) < 4.78 is 0. The summed E-state index contributed by atoms with van der Waals surface area (Å²) in [5.41, 5.74) is 2.56. The van der Waals surface area contributed by atoms with E-state index in [1.54, 1.807) is 64.2 Å². The maximum Gasteiger partial charge on any atom is 0.0336 e. The van der Waals surface area contributed by atoms with Crippen molar-refractivity contribution in [3.05, 3.63) is 0 Å². The van der Waals surface area contributed by atoms with E-state index in [1.807, 2.05) is 0 Å². The SMILES string of the molecule is C[SiH](C)[SiH](C1CCCCC1)C1CCCCC1. The van der Waals surface area contributed by atoms with Crippen molar-refractivity contribution in [3.63, 3.8) is 0 Å². The molecule has 0 aromatic heterocycles. The van der Waals surface area contributed by atoms with Crippen LogP contribution in [0.4, 0.5) is 0 Å². The Morgan fingerprint density at radius 2 is 1.00 bits per heavy atom. The fraction of sp³-hybridized carbons (Fsp3) is 1.00. The molecule has 0 radical (unpaired) electrons. The molecule has 0 aromatic carbocycles. The van der Waals surface area contributed by atoms with Crippen molar-refractivity contribution in [2.75, 3.05) is 0 Å². The Morgan fingerprint density at radius 3 is 1.31 bits per heavy atom. The Labute approximate surface area is 105 Å². The maximum absolute atomic E-state index is 2.68. The largest absolute Gasteiger partial charge is 0.0743 e. The molecule has 2 aliphatic rings. The first-order chi connectivity index (χ1) is 7.79. The Balaban J connectivity index is 1.96. The first-order valence-corrected chi connectivity index (χ1v) is 14.1. The minimum Gasteiger partial charge on any atom is -0.0743 e. The van der Waals surface area contributed by atoms with Gasteiger partial charge in [0.1, 0.15) is 0 Å². The minimum absolute atomic E-state index is 0.293. The molecule has 0 heterocycles. The number of hydrogen-bond donors (Lipinski definition) is 0. The molecule has 2 fully saturated rings. The Morgan fingerprint density at radius 1 is 0.625 bits per heavy atom. The third-order valence-corrected chi connectivity index (χ3v) is 18.1. The molecule has 16 heavy (non-hydrogen) atoms. The van der Waals surface area contributed by atoms with Crippen LogP contribution in [0.2, 0.25) is 24.2 Å². The van der Waals surface area contributed by atoms with E-state index < -0.39 is 0 Å². The summed E-state index contributed by atoms with van der Waals surface area (Å²) in [4.78, 5) is 0. The van der Waals surface area contributed by atoms with Gasteiger partial charge in [0, 0.05) is 16.6 Å². The van der Waals surface area contributed by atoms with Gasteiger partial charge in [-0.15, -0.1) is 0 Å². The fourth-order valence-corrected chi connectivity index (χ4v) is 18.8. The van der Waals surface area contributed by atoms with Gasteiger partial charge in [-0.1, -0.05) is 77.3 Å². The predicted molar refractivity (Wildman–Crippen MR) is 79.7 cm³/mol. The van der Waals surface area contributed by atoms with E-state index >= 15 is 0 Å². The summed E-state index contributed by atoms with van der Waals surface area (Å²) >= 11 is 0. The van der Waals surface area contributed by atoms with Gasteiger partial charge >= 0.3 is 0 Å². The van der Waals surface area contributed by atoms with E-state index in [4.69, 9.17) is 0 Å². The van der Waals surface area contributed by atoms with E-state index in [-0.39, 0.29) is 16.6 Å². The summed E-state index contributed by atoms with van der Waals surface area (Å²) in [6.45, 7) is 5.36. The van der Waals surface area contributed by atoms with Gasteiger partial charge in [-0.3, -0.25) is 0 Å². The third kappa shape index (κ3) is 3.22. The lowest BCUT2D eigenvalue weighted by Crippen LogP contribution is -2.41. The van der Waals surface area contributed by atoms with Gasteiger partial charge in [0.25, 0.3) is 0 Å². The van der Waals surface area contributed by atoms with Crippen molar-refractivity contribution >= 4 is 16.6 Å². The highest BCUT2D eigenvalue weighted by atomic mass is 29.2. The molecule has 2 saturated carbocycles. The summed E-state index contributed by atoms with van der Waals surface area (Å²) in [6.07, 6.45) is 15.9. The van der Waals surface area contributed by atoms with Crippen LogP contribution in [0.1, 0.15) is 64.2 Å². The van der Waals surface area contributed by atoms with Crippen LogP contribution in [-0.4, -0.2) is 16.6 Å². The van der Waals surface area contributed by atoms with Gasteiger partial charge in [-0.05, 0) is 11.1 Å². The zero-order valence-corrected chi connectivity index (χ0v) is 13.7. The van der Waals surface area contributed by atoms with Crippen LogP contribution in [0, 0.1) is 0 Å². The van der Waals surface area contributed by atoms with Gasteiger partial charge in [0.05, 0.1) is 0 Å². The van der Waals surface area contributed by atoms with Gasteiger partial charge < -0.3 is 0 Å². The monoisotopic (exact) mass is 254 g/mol. The Hall–Kier alpha value is 0.434. The first kappa shape index (κ1) is 12.9. The molecule has 2 rings (SSSR count). The van der Waals surface area contributed by atoms with Crippen LogP contribution in [0.5, 0.6) is 0 Å². The van der Waals surface area contributed by atoms with E-state index in [9.17, 15) is 0 Å². The van der Waals surface area contributed by atoms with Gasteiger partial charge in [0.2, 0.25) is 0 Å². The molecule has 0 aliphatic heterocycles. The Kier molecular flexibility index (Phi) is 5.14. The molecule has 0 spiro atoms. The molecule has 0 amide bonds. The molecular formula is C14H30Si2. The second-order valence-electron chi connectivity index (χ2n) is 6.62. The van der Waals surface area contributed by atoms with Crippen molar-refractivity contribution in [3.8, 4) is 0 Å². The molecule has 2 heteroatoms. The lowest BCUT2D eigenvalue weighted by Gasteiger charge is -2.39. The topological polar surface area (TPSA) is 0 Å². The van der Waals surface area contributed by atoms with E-state index in [2.05, 4.69) is 13.1 Å². The standard InChI is InChI=1S/C14H30Si2/c1-15(2)16(13-9-5-3-6-10-13)14-11-7-4-8-12-14/h13-16H,3-12H2,1-2H3. The lowest BCUT2D eigenvalue weighted by atomic mass is 9.99. The van der Waals surface area contributed by atoms with Gasteiger partial charge in [0.15, 0.2) is 0 Å². The highest BCUT2D eigenvalue weighted by molar-refractivity contribution is 7.22. The van der Waals surface area contributed by atoms with Gasteiger partial charge in [-0.2, -0.15) is 0 Å². The van der Waals surface area contributed by atoms with Crippen LogP contribution >= 0.6 is 0 Å². The van der Waals surface area contributed by atoms with Crippen LogP contribution < -0.4 is 0 Å². The van der Waals surface area contributed by atoms with Gasteiger partial charge in [-0.25, -0.2) is 0 Å². The Bertz CT molecular complexity index is 173. The molecule has 0 bridgehead atoms. The van der Waals surface area contributed by atoms with Crippen molar-refractivity contribution in [2.24, 2.45) is 0 Å². The smallest absolute Gasteiger partial charge is 0.0336 e. The van der Waals surface area contributed by atoms with E-state index in [1.165, 1.54) is 11.1 Å². The highest BCUT2D eigenvalue weighted by Crippen LogP contribution is 2.42. The molecule has 0 nitrogen and oxygen atoms in total. The summed E-state index contributed by atoms with van der Waals surface area (Å²) in [6, 6.07) is 0. The molecule has 2 aliphatic carbocycles. The average Bonchev–Trinajstić information content (AvgIpc) is 2.31. The molecule has 94 valence electrons. The van der Waals surface area contributed by atoms with Crippen molar-refractivity contribution < 1.29 is 0 Å². The van der Waals surface area contributed by atoms with Crippen LogP contribution in [0.25, 0.3) is 0 Å². The van der Waals surface area contributed by atoms with Crippen LogP contribution in [0.15, 0.2) is 0 Å². The molecule has 0 aromatic rings. The lowest BCUT2D eigenvalue weighted by molar-refractivity contribution is 0.466. The normalized spacial score (nSPS) is 25.5. The van der Waals surface area contributed by atoms with E-state index in [0.29, 0.717) is 0 Å². The van der Waals surface area contributed by atoms with Crippen molar-refractivity contribution in [2.45, 2.75) is 88.4 Å². The summed E-state index contributed by atoms with van der Waals surface area (Å²) in [7, 11) is -0.624. The molecule has 0 unspecified atom stereocenters. The molecule has 0 atom stereocenters. The minimum atomic E-state index is -0.331. The third-order valence-electron chi connectivity index (χ3n) is 5.16. The van der Waals surface area contributed by atoms with Crippen LogP contribution in [0.3, 0.4) is 0 Å². The zero-order valence-electron chi connectivity index (χ0n) is 11.4. The van der Waals surface area contributed by atoms with Crippen LogP contribution in [-0.2, 0) is 0 Å². The first-order valence-electron chi connectivity index (χ1n) is 7.79. The number of hydrogen-bond acceptors (Lipinski definition) is 0. The fourth-order valence-electron chi connectivity index (χ4n) is 4.51. The molecular weight excluding hydrogens is 224 g/mol. The second kappa shape index (κ2) is 6.39. The second-order valence-corrected chi connectivity index (χ2v) is 18.5. The molecule has 0 N–H and O–H groups in total. The maximum atomic E-state index is 2.68. The summed E-state index contributed by atoms with van der Waals surface area (Å²) in [5, 5.41) is 0. The average molecular weight is 255 g/mol. The highest BCUT2D eigenvalue weighted by Gasteiger charge is 2.34. The predicted octanol–water partition coefficient (Wildman–Crippen LogP) is 4.45. The molecule has 0 saturated heterocycles. The van der Waals surface area contributed by atoms with Crippen molar-refractivity contribution in [1.82, 2.24) is 0 Å². The number of rotatable bonds is 3. The quantitative estimate of drug-likeness (QED) is 0.653. The zero-order chi connectivity index (χ0) is 11.4. The van der Waals surface area contributed by atoms with E-state index in [0.717, 1.165) is 0 Å². The van der Waals surface area contributed by atoms with Crippen molar-refractivity contribution in [1.29, 1.82) is 0 Å².